The lowest BCUT2D eigenvalue weighted by Crippen LogP contribution is -2.33. The summed E-state index contributed by atoms with van der Waals surface area (Å²) >= 11 is 0. The highest BCUT2D eigenvalue weighted by molar-refractivity contribution is 8.13. The molecule has 0 aliphatic heterocycles. The predicted octanol–water partition coefficient (Wildman–Crippen LogP) is 2.13. The highest BCUT2D eigenvalue weighted by Gasteiger charge is 2.37. The lowest BCUT2D eigenvalue weighted by molar-refractivity contribution is 0.0929. The molecule has 3 rings (SSSR count). The number of hydrogen-bond acceptors (Lipinski definition) is 4. The number of aromatic amines is 1. The number of carbonyl (C=O) groups excluding carboxylic acids is 1. The van der Waals surface area contributed by atoms with E-state index in [1.54, 1.807) is 0 Å². The molecule has 1 aromatic heterocycles. The molecule has 2 unspecified atom stereocenters. The smallest absolute Gasteiger partial charge is 0.273 e. The molecule has 2 N–H and O–H groups in total. The van der Waals surface area contributed by atoms with Crippen molar-refractivity contribution in [2.75, 3.05) is 0 Å². The monoisotopic (exact) mass is 331 g/mol. The van der Waals surface area contributed by atoms with Gasteiger partial charge in [0.15, 0.2) is 5.69 Å². The van der Waals surface area contributed by atoms with Gasteiger partial charge in [0.2, 0.25) is 0 Å². The number of carbonyl (C=O) groups is 1. The molecule has 2 aliphatic carbocycles. The third-order valence-electron chi connectivity index (χ3n) is 4.22. The van der Waals surface area contributed by atoms with Gasteiger partial charge in [-0.2, -0.15) is 5.10 Å². The molecular formula is C13H18ClN3O3S. The fourth-order valence-corrected chi connectivity index (χ4v) is 4.30. The maximum atomic E-state index is 12.3. The summed E-state index contributed by atoms with van der Waals surface area (Å²) in [6.07, 6.45) is 4.68. The molecule has 0 aromatic carbocycles. The normalized spacial score (nSPS) is 26.0. The largest absolute Gasteiger partial charge is 0.348 e. The fraction of sp³-hybridized carbons (Fsp3) is 0.692. The van der Waals surface area contributed by atoms with Crippen LogP contribution in [0.1, 0.15) is 61.1 Å². The molecule has 6 nitrogen and oxygen atoms in total. The van der Waals surface area contributed by atoms with E-state index < -0.39 is 15.0 Å². The van der Waals surface area contributed by atoms with E-state index in [4.69, 9.17) is 10.7 Å². The van der Waals surface area contributed by atoms with Crippen LogP contribution in [0.2, 0.25) is 0 Å². The topological polar surface area (TPSA) is 91.9 Å². The van der Waals surface area contributed by atoms with Crippen molar-refractivity contribution in [2.45, 2.75) is 55.9 Å². The zero-order valence-electron chi connectivity index (χ0n) is 11.7. The van der Waals surface area contributed by atoms with Crippen molar-refractivity contribution in [3.05, 3.63) is 11.4 Å². The Hall–Kier alpha value is -1.08. The Morgan fingerprint density at radius 2 is 2.05 bits per heavy atom. The first-order valence-electron chi connectivity index (χ1n) is 7.20. The minimum atomic E-state index is -4.00. The van der Waals surface area contributed by atoms with Crippen LogP contribution in [0.25, 0.3) is 0 Å². The van der Waals surface area contributed by atoms with E-state index in [-0.39, 0.29) is 22.5 Å². The SMILES string of the molecule is CC1CCC(NC(=O)c2n[nH]c(C3CC3)c2S(=O)(=O)Cl)C1. The minimum absolute atomic E-state index is 0.0828. The quantitative estimate of drug-likeness (QED) is 0.827. The van der Waals surface area contributed by atoms with Crippen molar-refractivity contribution >= 4 is 25.6 Å². The summed E-state index contributed by atoms with van der Waals surface area (Å²) < 4.78 is 23.6. The van der Waals surface area contributed by atoms with Crippen LogP contribution in [-0.4, -0.2) is 30.6 Å². The second-order valence-corrected chi connectivity index (χ2v) is 8.62. The second kappa shape index (κ2) is 5.28. The first kappa shape index (κ1) is 14.8. The van der Waals surface area contributed by atoms with E-state index >= 15 is 0 Å². The highest BCUT2D eigenvalue weighted by atomic mass is 35.7. The van der Waals surface area contributed by atoms with Gasteiger partial charge in [0.05, 0.1) is 5.69 Å². The molecule has 0 bridgehead atoms. The Morgan fingerprint density at radius 1 is 1.33 bits per heavy atom. The van der Waals surface area contributed by atoms with Gasteiger partial charge in [-0.25, -0.2) is 8.42 Å². The average Bonchev–Trinajstić information content (AvgIpc) is 2.98. The Bertz CT molecular complexity index is 666. The highest BCUT2D eigenvalue weighted by Crippen LogP contribution is 2.43. The number of halogens is 1. The van der Waals surface area contributed by atoms with Crippen molar-refractivity contribution < 1.29 is 13.2 Å². The van der Waals surface area contributed by atoms with E-state index in [9.17, 15) is 13.2 Å². The van der Waals surface area contributed by atoms with Crippen LogP contribution in [-0.2, 0) is 9.05 Å². The lowest BCUT2D eigenvalue weighted by Gasteiger charge is -2.11. The number of nitrogens with one attached hydrogen (secondary N) is 2. The van der Waals surface area contributed by atoms with E-state index in [2.05, 4.69) is 22.4 Å². The number of H-pyrrole nitrogens is 1. The van der Waals surface area contributed by atoms with E-state index in [1.165, 1.54) is 0 Å². The molecule has 8 heteroatoms. The van der Waals surface area contributed by atoms with Crippen molar-refractivity contribution in [3.63, 3.8) is 0 Å². The summed E-state index contributed by atoms with van der Waals surface area (Å²) in [5.41, 5.74) is 0.362. The number of hydrogen-bond donors (Lipinski definition) is 2. The van der Waals surface area contributed by atoms with Gasteiger partial charge < -0.3 is 5.32 Å². The fourth-order valence-electron chi connectivity index (χ4n) is 2.99. The maximum absolute atomic E-state index is 12.3. The molecule has 2 aliphatic rings. The van der Waals surface area contributed by atoms with Gasteiger partial charge in [-0.05, 0) is 38.0 Å². The number of rotatable bonds is 4. The zero-order chi connectivity index (χ0) is 15.2. The van der Waals surface area contributed by atoms with Crippen molar-refractivity contribution in [1.82, 2.24) is 15.5 Å². The number of amides is 1. The second-order valence-electron chi connectivity index (χ2n) is 6.12. The van der Waals surface area contributed by atoms with Gasteiger partial charge >= 0.3 is 0 Å². The van der Waals surface area contributed by atoms with Gasteiger partial charge in [0.25, 0.3) is 15.0 Å². The van der Waals surface area contributed by atoms with Gasteiger partial charge in [-0.3, -0.25) is 9.89 Å². The van der Waals surface area contributed by atoms with Crippen LogP contribution in [0, 0.1) is 5.92 Å². The Labute approximate surface area is 128 Å². The van der Waals surface area contributed by atoms with Gasteiger partial charge in [-0.15, -0.1) is 0 Å². The lowest BCUT2D eigenvalue weighted by atomic mass is 10.1. The minimum Gasteiger partial charge on any atom is -0.348 e. The standard InChI is InChI=1S/C13H18ClN3O3S/c1-7-2-5-9(6-7)15-13(18)11-12(21(14,19)20)10(16-17-11)8-3-4-8/h7-9H,2-6H2,1H3,(H,15,18)(H,16,17). The Kier molecular flexibility index (Phi) is 3.73. The van der Waals surface area contributed by atoms with Crippen molar-refractivity contribution in [3.8, 4) is 0 Å². The molecular weight excluding hydrogens is 314 g/mol. The number of nitrogens with zero attached hydrogens (tertiary/aromatic N) is 1. The number of aromatic nitrogens is 2. The van der Waals surface area contributed by atoms with Crippen LogP contribution in [0.3, 0.4) is 0 Å². The molecule has 1 heterocycles. The molecule has 1 aromatic rings. The van der Waals surface area contributed by atoms with Crippen molar-refractivity contribution in [2.24, 2.45) is 5.92 Å². The van der Waals surface area contributed by atoms with Crippen LogP contribution in [0.4, 0.5) is 0 Å². The van der Waals surface area contributed by atoms with Crippen LogP contribution < -0.4 is 5.32 Å². The summed E-state index contributed by atoms with van der Waals surface area (Å²) in [7, 11) is 1.50. The molecule has 21 heavy (non-hydrogen) atoms. The van der Waals surface area contributed by atoms with Gasteiger partial charge in [0, 0.05) is 22.6 Å². The van der Waals surface area contributed by atoms with Crippen LogP contribution >= 0.6 is 10.7 Å². The summed E-state index contributed by atoms with van der Waals surface area (Å²) in [4.78, 5) is 12.2. The maximum Gasteiger partial charge on any atom is 0.273 e. The molecule has 0 radical (unpaired) electrons. The first-order chi connectivity index (χ1) is 9.86. The molecule has 116 valence electrons. The molecule has 0 saturated heterocycles. The summed E-state index contributed by atoms with van der Waals surface area (Å²) in [5.74, 6) is 0.235. The van der Waals surface area contributed by atoms with Crippen molar-refractivity contribution in [1.29, 1.82) is 0 Å². The van der Waals surface area contributed by atoms with Crippen LogP contribution in [0.15, 0.2) is 4.90 Å². The molecule has 2 fully saturated rings. The average molecular weight is 332 g/mol. The van der Waals surface area contributed by atoms with Gasteiger partial charge in [-0.1, -0.05) is 6.92 Å². The van der Waals surface area contributed by atoms with Gasteiger partial charge in [0.1, 0.15) is 4.90 Å². The summed E-state index contributed by atoms with van der Waals surface area (Å²) in [6.45, 7) is 2.14. The van der Waals surface area contributed by atoms with Crippen LogP contribution in [0.5, 0.6) is 0 Å². The van der Waals surface area contributed by atoms with E-state index in [1.807, 2.05) is 0 Å². The third-order valence-corrected chi connectivity index (χ3v) is 5.59. The first-order valence-corrected chi connectivity index (χ1v) is 9.51. The third kappa shape index (κ3) is 3.08. The Balaban J connectivity index is 1.86. The molecule has 2 saturated carbocycles. The molecule has 0 spiro atoms. The Morgan fingerprint density at radius 3 is 2.57 bits per heavy atom. The van der Waals surface area contributed by atoms with E-state index in [0.717, 1.165) is 32.1 Å². The predicted molar refractivity (Wildman–Crippen MR) is 77.9 cm³/mol. The summed E-state index contributed by atoms with van der Waals surface area (Å²) in [6, 6.07) is 0.0828. The molecule has 1 amide bonds. The molecule has 2 atom stereocenters. The zero-order valence-corrected chi connectivity index (χ0v) is 13.3. The van der Waals surface area contributed by atoms with E-state index in [0.29, 0.717) is 11.6 Å². The summed E-state index contributed by atoms with van der Waals surface area (Å²) in [5, 5.41) is 9.45.